The number of benzene rings is 2. The maximum atomic E-state index is 12.9. The molecule has 0 aliphatic carbocycles. The first-order valence-electron chi connectivity index (χ1n) is 10.4. The first kappa shape index (κ1) is 22.4. The molecule has 0 unspecified atom stereocenters. The standard InChI is InChI=1S/C23H25ClN4O3S/c1-16-14-21(31-2)19(24)15-22(16)32(29,30)27-18-8-6-17(7-9-18)20-10-11-23(26-25-20)28-12-4-3-5-13-28/h6-11,14-15,27H,3-5,12-13H2,1-2H3. The summed E-state index contributed by atoms with van der Waals surface area (Å²) in [6, 6.07) is 14.0. The number of methoxy groups -OCH3 is 1. The number of hydrogen-bond acceptors (Lipinski definition) is 6. The first-order chi connectivity index (χ1) is 15.4. The van der Waals surface area contributed by atoms with Crippen molar-refractivity contribution in [3.05, 3.63) is 59.1 Å². The number of nitrogens with one attached hydrogen (secondary N) is 1. The second kappa shape index (κ2) is 9.34. The van der Waals surface area contributed by atoms with E-state index in [1.807, 2.05) is 24.3 Å². The molecule has 2 aromatic carbocycles. The summed E-state index contributed by atoms with van der Waals surface area (Å²) in [4.78, 5) is 2.36. The molecular weight excluding hydrogens is 448 g/mol. The minimum atomic E-state index is -3.81. The van der Waals surface area contributed by atoms with Crippen LogP contribution in [0, 0.1) is 6.92 Å². The summed E-state index contributed by atoms with van der Waals surface area (Å²) in [5.74, 6) is 1.33. The molecule has 0 spiro atoms. The van der Waals surface area contributed by atoms with Crippen LogP contribution in [0.4, 0.5) is 11.5 Å². The van der Waals surface area contributed by atoms with Gasteiger partial charge < -0.3 is 9.64 Å². The zero-order valence-electron chi connectivity index (χ0n) is 18.0. The third kappa shape index (κ3) is 4.81. The van der Waals surface area contributed by atoms with E-state index in [1.54, 1.807) is 25.1 Å². The van der Waals surface area contributed by atoms with E-state index in [0.29, 0.717) is 17.0 Å². The predicted octanol–water partition coefficient (Wildman–Crippen LogP) is 4.91. The van der Waals surface area contributed by atoms with Crippen LogP contribution in [0.1, 0.15) is 24.8 Å². The van der Waals surface area contributed by atoms with E-state index in [2.05, 4.69) is 19.8 Å². The summed E-state index contributed by atoms with van der Waals surface area (Å²) in [6.45, 7) is 3.73. The van der Waals surface area contributed by atoms with Gasteiger partial charge in [0, 0.05) is 24.3 Å². The highest BCUT2D eigenvalue weighted by molar-refractivity contribution is 7.92. The molecular formula is C23H25ClN4O3S. The van der Waals surface area contributed by atoms with E-state index in [-0.39, 0.29) is 9.92 Å². The molecule has 1 saturated heterocycles. The summed E-state index contributed by atoms with van der Waals surface area (Å²) in [5.41, 5.74) is 2.57. The van der Waals surface area contributed by atoms with Crippen LogP contribution in [0.3, 0.4) is 0 Å². The number of halogens is 1. The van der Waals surface area contributed by atoms with E-state index in [0.717, 1.165) is 30.2 Å². The van der Waals surface area contributed by atoms with Gasteiger partial charge in [-0.3, -0.25) is 4.72 Å². The molecule has 168 valence electrons. The minimum Gasteiger partial charge on any atom is -0.495 e. The van der Waals surface area contributed by atoms with Gasteiger partial charge in [0.25, 0.3) is 10.0 Å². The fourth-order valence-corrected chi connectivity index (χ4v) is 5.39. The van der Waals surface area contributed by atoms with E-state index in [1.165, 1.54) is 32.4 Å². The third-order valence-electron chi connectivity index (χ3n) is 5.50. The summed E-state index contributed by atoms with van der Waals surface area (Å²) >= 11 is 6.13. The molecule has 4 rings (SSSR count). The molecule has 1 aliphatic heterocycles. The Labute approximate surface area is 193 Å². The van der Waals surface area contributed by atoms with Crippen LogP contribution in [0.15, 0.2) is 53.4 Å². The summed E-state index contributed by atoms with van der Waals surface area (Å²) in [7, 11) is -2.32. The molecule has 0 atom stereocenters. The largest absolute Gasteiger partial charge is 0.495 e. The second-order valence-corrected chi connectivity index (χ2v) is 9.82. The lowest BCUT2D eigenvalue weighted by Gasteiger charge is -2.27. The Morgan fingerprint density at radius 2 is 1.72 bits per heavy atom. The zero-order chi connectivity index (χ0) is 22.7. The molecule has 0 saturated carbocycles. The Kier molecular flexibility index (Phi) is 6.53. The summed E-state index contributed by atoms with van der Waals surface area (Å²) in [5, 5.41) is 8.97. The van der Waals surface area contributed by atoms with Crippen molar-refractivity contribution in [1.82, 2.24) is 10.2 Å². The van der Waals surface area contributed by atoms with Crippen LogP contribution in [0.25, 0.3) is 11.3 Å². The van der Waals surface area contributed by atoms with E-state index >= 15 is 0 Å². The van der Waals surface area contributed by atoms with Crippen molar-refractivity contribution in [2.24, 2.45) is 0 Å². The normalized spacial score (nSPS) is 14.3. The van der Waals surface area contributed by atoms with E-state index < -0.39 is 10.0 Å². The molecule has 32 heavy (non-hydrogen) atoms. The van der Waals surface area contributed by atoms with Crippen molar-refractivity contribution in [2.75, 3.05) is 29.8 Å². The molecule has 0 bridgehead atoms. The highest BCUT2D eigenvalue weighted by Crippen LogP contribution is 2.31. The maximum Gasteiger partial charge on any atom is 0.262 e. The van der Waals surface area contributed by atoms with E-state index in [9.17, 15) is 8.42 Å². The van der Waals surface area contributed by atoms with Crippen molar-refractivity contribution in [1.29, 1.82) is 0 Å². The SMILES string of the molecule is COc1cc(C)c(S(=O)(=O)Nc2ccc(-c3ccc(N4CCCCC4)nn3)cc2)cc1Cl. The van der Waals surface area contributed by atoms with Crippen LogP contribution in [0.2, 0.25) is 5.02 Å². The van der Waals surface area contributed by atoms with Crippen molar-refractivity contribution < 1.29 is 13.2 Å². The Bertz CT molecular complexity index is 1190. The van der Waals surface area contributed by atoms with Gasteiger partial charge in [-0.15, -0.1) is 10.2 Å². The van der Waals surface area contributed by atoms with Gasteiger partial charge in [0.2, 0.25) is 0 Å². The Balaban J connectivity index is 1.49. The number of piperidine rings is 1. The van der Waals surface area contributed by atoms with Crippen LogP contribution >= 0.6 is 11.6 Å². The van der Waals surface area contributed by atoms with Crippen molar-refractivity contribution in [2.45, 2.75) is 31.1 Å². The lowest BCUT2D eigenvalue weighted by Crippen LogP contribution is -2.30. The number of rotatable bonds is 6. The Morgan fingerprint density at radius 1 is 1.00 bits per heavy atom. The van der Waals surface area contributed by atoms with Gasteiger partial charge in [-0.25, -0.2) is 8.42 Å². The summed E-state index contributed by atoms with van der Waals surface area (Å²) < 4.78 is 33.5. The molecule has 9 heteroatoms. The van der Waals surface area contributed by atoms with Gasteiger partial charge in [0.15, 0.2) is 5.82 Å². The first-order valence-corrected chi connectivity index (χ1v) is 12.3. The number of anilines is 2. The van der Waals surface area contributed by atoms with Gasteiger partial charge >= 0.3 is 0 Å². The minimum absolute atomic E-state index is 0.103. The average molecular weight is 473 g/mol. The number of sulfonamides is 1. The number of aromatic nitrogens is 2. The van der Waals surface area contributed by atoms with Gasteiger partial charge in [0.05, 0.1) is 22.7 Å². The molecule has 1 aromatic heterocycles. The van der Waals surface area contributed by atoms with Crippen molar-refractivity contribution >= 4 is 33.1 Å². The van der Waals surface area contributed by atoms with Crippen LogP contribution < -0.4 is 14.4 Å². The Morgan fingerprint density at radius 3 is 2.34 bits per heavy atom. The predicted molar refractivity (Wildman–Crippen MR) is 127 cm³/mol. The number of nitrogens with zero attached hydrogens (tertiary/aromatic N) is 3. The van der Waals surface area contributed by atoms with Crippen molar-refractivity contribution in [3.8, 4) is 17.0 Å². The molecule has 1 N–H and O–H groups in total. The van der Waals surface area contributed by atoms with Gasteiger partial charge in [-0.05, 0) is 68.1 Å². The molecule has 1 fully saturated rings. The fraction of sp³-hybridized carbons (Fsp3) is 0.304. The zero-order valence-corrected chi connectivity index (χ0v) is 19.6. The number of hydrogen-bond donors (Lipinski definition) is 1. The smallest absolute Gasteiger partial charge is 0.262 e. The van der Waals surface area contributed by atoms with Gasteiger partial charge in [-0.1, -0.05) is 23.7 Å². The Hall–Kier alpha value is -2.84. The maximum absolute atomic E-state index is 12.9. The average Bonchev–Trinajstić information content (AvgIpc) is 2.81. The number of ether oxygens (including phenoxy) is 1. The van der Waals surface area contributed by atoms with Crippen LogP contribution in [-0.2, 0) is 10.0 Å². The second-order valence-electron chi connectivity index (χ2n) is 7.76. The molecule has 1 aliphatic rings. The fourth-order valence-electron chi connectivity index (χ4n) is 3.77. The highest BCUT2D eigenvalue weighted by Gasteiger charge is 2.20. The quantitative estimate of drug-likeness (QED) is 0.549. The molecule has 0 amide bonds. The molecule has 7 nitrogen and oxygen atoms in total. The highest BCUT2D eigenvalue weighted by atomic mass is 35.5. The molecule has 0 radical (unpaired) electrons. The lowest BCUT2D eigenvalue weighted by molar-refractivity contribution is 0.414. The number of aryl methyl sites for hydroxylation is 1. The monoisotopic (exact) mass is 472 g/mol. The van der Waals surface area contributed by atoms with Gasteiger partial charge in [-0.2, -0.15) is 0 Å². The van der Waals surface area contributed by atoms with Crippen LogP contribution in [-0.4, -0.2) is 38.8 Å². The third-order valence-corrected chi connectivity index (χ3v) is 7.32. The topological polar surface area (TPSA) is 84.4 Å². The van der Waals surface area contributed by atoms with Gasteiger partial charge in [0.1, 0.15) is 5.75 Å². The molecule has 2 heterocycles. The lowest BCUT2D eigenvalue weighted by atomic mass is 10.1. The van der Waals surface area contributed by atoms with Crippen molar-refractivity contribution in [3.63, 3.8) is 0 Å². The van der Waals surface area contributed by atoms with E-state index in [4.69, 9.17) is 16.3 Å². The van der Waals surface area contributed by atoms with Crippen LogP contribution in [0.5, 0.6) is 5.75 Å². The molecule has 3 aromatic rings. The summed E-state index contributed by atoms with van der Waals surface area (Å²) in [6.07, 6.45) is 3.63.